The van der Waals surface area contributed by atoms with Crippen molar-refractivity contribution in [1.29, 1.82) is 0 Å². The zero-order chi connectivity index (χ0) is 10.7. The van der Waals surface area contributed by atoms with Gasteiger partial charge in [-0.25, -0.2) is 0 Å². The zero-order valence-electron chi connectivity index (χ0n) is 6.17. The second kappa shape index (κ2) is 23.4. The van der Waals surface area contributed by atoms with Gasteiger partial charge in [0, 0.05) is 27.5 Å². The predicted molar refractivity (Wildman–Crippen MR) is 25.1 cm³/mol. The van der Waals surface area contributed by atoms with Gasteiger partial charge in [0.05, 0.1) is 0 Å². The van der Waals surface area contributed by atoms with Crippen LogP contribution in [0.25, 0.3) is 0 Å². The van der Waals surface area contributed by atoms with Crippen LogP contribution in [0.2, 0.25) is 0 Å². The van der Waals surface area contributed by atoms with Crippen molar-refractivity contribution in [2.24, 2.45) is 0 Å². The molecule has 0 aliphatic carbocycles. The Morgan fingerprint density at radius 1 is 0.571 bits per heavy atom. The van der Waals surface area contributed by atoms with Gasteiger partial charge in [-0.05, 0) is 0 Å². The molecule has 0 saturated carbocycles. The van der Waals surface area contributed by atoms with E-state index < -0.39 is 27.5 Å². The topological polar surface area (TPSA) is 190 Å². The first-order chi connectivity index (χ1) is 5.20. The molecule has 0 amide bonds. The molecule has 0 aliphatic rings. The second-order valence-electron chi connectivity index (χ2n) is 0.750. The molecule has 0 aromatic heterocycles. The van der Waals surface area contributed by atoms with Crippen LogP contribution in [0.4, 0.5) is 0 Å². The van der Waals surface area contributed by atoms with Gasteiger partial charge in [0.1, 0.15) is 0 Å². The maximum absolute atomic E-state index is 8.52. The van der Waals surface area contributed by atoms with Crippen molar-refractivity contribution in [3.8, 4) is 0 Å². The summed E-state index contributed by atoms with van der Waals surface area (Å²) in [4.78, 5) is 51.1. The van der Waals surface area contributed by atoms with Gasteiger partial charge in [-0.1, -0.05) is 0 Å². The van der Waals surface area contributed by atoms with E-state index in [1.165, 1.54) is 0 Å². The molecule has 9 nitrogen and oxygen atoms in total. The van der Waals surface area contributed by atoms with Crippen molar-refractivity contribution in [3.63, 3.8) is 0 Å². The molecular weight excluding hydrogens is 483 g/mol. The molecule has 0 atom stereocenters. The van der Waals surface area contributed by atoms with Gasteiger partial charge in [0.2, 0.25) is 0 Å². The maximum Gasteiger partial charge on any atom is 4.00 e. The third-order valence-electron chi connectivity index (χ3n) is 0. The van der Waals surface area contributed by atoms with E-state index in [9.17, 15) is 0 Å². The van der Waals surface area contributed by atoms with E-state index in [4.69, 9.17) is 42.2 Å². The van der Waals surface area contributed by atoms with Crippen LogP contribution in [0.3, 0.4) is 0 Å². The molecular formula is O9PbSi3Ti. The van der Waals surface area contributed by atoms with Gasteiger partial charge in [-0.3, -0.25) is 0 Å². The average molecular weight is 483 g/mol. The smallest absolute Gasteiger partial charge is 0.672 e. The minimum atomic E-state index is -3.63. The van der Waals surface area contributed by atoms with E-state index in [0.29, 0.717) is 0 Å². The van der Waals surface area contributed by atoms with Crippen LogP contribution < -0.4 is 28.8 Å². The molecule has 0 N–H and O–H groups in total. The molecule has 2 radical (unpaired) electrons. The van der Waals surface area contributed by atoms with Crippen molar-refractivity contribution in [3.05, 3.63) is 0 Å². The van der Waals surface area contributed by atoms with Crippen LogP contribution in [-0.4, -0.2) is 54.8 Å². The van der Waals surface area contributed by atoms with Crippen molar-refractivity contribution in [1.82, 2.24) is 0 Å². The van der Waals surface area contributed by atoms with Gasteiger partial charge in [0.25, 0.3) is 0 Å². The summed E-state index contributed by atoms with van der Waals surface area (Å²) in [6.07, 6.45) is 0. The first-order valence-electron chi connectivity index (χ1n) is 1.84. The monoisotopic (exact) mass is 484 g/mol. The molecule has 0 unspecified atom stereocenters. The van der Waals surface area contributed by atoms with Crippen LogP contribution >= 0.6 is 0 Å². The number of hydrogen-bond donors (Lipinski definition) is 0. The van der Waals surface area contributed by atoms with Crippen molar-refractivity contribution < 1.29 is 63.9 Å². The Kier molecular flexibility index (Phi) is 48.9. The third kappa shape index (κ3) is 6950. The molecule has 0 bridgehead atoms. The zero-order valence-corrected chi connectivity index (χ0v) is 14.6. The molecule has 0 saturated heterocycles. The van der Waals surface area contributed by atoms with Crippen LogP contribution in [0.15, 0.2) is 0 Å². The molecule has 0 fully saturated rings. The van der Waals surface area contributed by atoms with Crippen molar-refractivity contribution in [2.75, 3.05) is 0 Å². The molecule has 0 rings (SSSR count). The normalized spacial score (nSPS) is 5.14. The van der Waals surface area contributed by atoms with Gasteiger partial charge in [-0.15, -0.1) is 0 Å². The first kappa shape index (κ1) is 29.3. The molecule has 0 aromatic rings. The summed E-state index contributed by atoms with van der Waals surface area (Å²) in [5.41, 5.74) is 0. The summed E-state index contributed by atoms with van der Waals surface area (Å²) < 4.78 is 25.6. The Bertz CT molecular complexity index is 118. The molecule has 0 heterocycles. The Hall–Kier alpha value is 0.487. The summed E-state index contributed by atoms with van der Waals surface area (Å²) in [6.45, 7) is 0. The molecule has 0 aliphatic heterocycles. The van der Waals surface area contributed by atoms with E-state index >= 15 is 0 Å². The number of rotatable bonds is 0. The van der Waals surface area contributed by atoms with Crippen LogP contribution in [0.1, 0.15) is 0 Å². The standard InChI is InChI=1S/3O3Si.Pb.Ti/c3*1-4(2)3;;/q3*-2;+2;+4. The first-order valence-corrected chi connectivity index (χ1v) is 5.51. The molecule has 0 spiro atoms. The van der Waals surface area contributed by atoms with Crippen LogP contribution in [0, 0.1) is 0 Å². The Morgan fingerprint density at radius 3 is 0.571 bits per heavy atom. The fourth-order valence-corrected chi connectivity index (χ4v) is 0. The van der Waals surface area contributed by atoms with E-state index in [1.807, 2.05) is 0 Å². The Morgan fingerprint density at radius 2 is 0.571 bits per heavy atom. The van der Waals surface area contributed by atoms with Gasteiger partial charge >= 0.3 is 49.0 Å². The molecule has 14 heteroatoms. The Balaban J connectivity index is -0.0000000270. The number of hydrogen-bond acceptors (Lipinski definition) is 9. The van der Waals surface area contributed by atoms with E-state index in [0.717, 1.165) is 0 Å². The fourth-order valence-electron chi connectivity index (χ4n) is 0. The third-order valence-corrected chi connectivity index (χ3v) is 0. The second-order valence-corrected chi connectivity index (χ2v) is 2.25. The average Bonchev–Trinajstić information content (AvgIpc) is 1.54. The van der Waals surface area contributed by atoms with E-state index in [-0.39, 0.29) is 49.0 Å². The molecule has 14 heavy (non-hydrogen) atoms. The predicted octanol–water partition coefficient (Wildman–Crippen LogP) is -9.02. The maximum atomic E-state index is 8.52. The minimum absolute atomic E-state index is 0. The summed E-state index contributed by atoms with van der Waals surface area (Å²) >= 11 is 0. The van der Waals surface area contributed by atoms with Crippen LogP contribution in [-0.2, 0) is 35.1 Å². The van der Waals surface area contributed by atoms with Crippen molar-refractivity contribution in [2.45, 2.75) is 0 Å². The molecule has 0 aromatic carbocycles. The summed E-state index contributed by atoms with van der Waals surface area (Å²) in [6, 6.07) is 0. The quantitative estimate of drug-likeness (QED) is 0.301. The molecule has 74 valence electrons. The van der Waals surface area contributed by atoms with E-state index in [2.05, 4.69) is 0 Å². The van der Waals surface area contributed by atoms with Gasteiger partial charge < -0.3 is 42.2 Å². The largest absolute Gasteiger partial charge is 4.00 e. The Labute approximate surface area is 118 Å². The summed E-state index contributed by atoms with van der Waals surface area (Å²) in [7, 11) is -10.9. The fraction of sp³-hybridized carbons (Fsp3) is 0. The summed E-state index contributed by atoms with van der Waals surface area (Å²) in [5.74, 6) is 0. The van der Waals surface area contributed by atoms with Crippen molar-refractivity contribution >= 4 is 54.8 Å². The SMILES string of the molecule is O=[Si]([O-])[O-].O=[Si]([O-])[O-].O=[Si]([O-])[O-].[Pb+2].[Ti+4]. The van der Waals surface area contributed by atoms with Gasteiger partial charge in [-0.2, -0.15) is 0 Å². The minimum Gasteiger partial charge on any atom is -0.672 e. The summed E-state index contributed by atoms with van der Waals surface area (Å²) in [5, 5.41) is 0. The van der Waals surface area contributed by atoms with E-state index in [1.54, 1.807) is 0 Å². The van der Waals surface area contributed by atoms with Crippen LogP contribution in [0.5, 0.6) is 0 Å². The van der Waals surface area contributed by atoms with Gasteiger partial charge in [0.15, 0.2) is 0 Å².